The van der Waals surface area contributed by atoms with Crippen molar-refractivity contribution in [2.75, 3.05) is 0 Å². The van der Waals surface area contributed by atoms with Crippen LogP contribution in [0.5, 0.6) is 0 Å². The standard InChI is InChI=1S/C14H17N3S/c15-2-1-12-16-13(17-18-12)14-6-9-3-10(7-14)5-11(4-9)8-14/h9-11H,1,3-8H2. The first-order chi connectivity index (χ1) is 8.77. The Bertz CT molecular complexity index is 478. The van der Waals surface area contributed by atoms with E-state index in [9.17, 15) is 0 Å². The van der Waals surface area contributed by atoms with Crippen LogP contribution in [0, 0.1) is 29.1 Å². The molecule has 0 N–H and O–H groups in total. The second-order valence-electron chi connectivity index (χ2n) is 6.54. The van der Waals surface area contributed by atoms with Crippen LogP contribution in [-0.2, 0) is 11.8 Å². The van der Waals surface area contributed by atoms with E-state index < -0.39 is 0 Å². The molecule has 0 atom stereocenters. The summed E-state index contributed by atoms with van der Waals surface area (Å²) in [5.74, 6) is 3.87. The van der Waals surface area contributed by atoms with Gasteiger partial charge in [-0.15, -0.1) is 0 Å². The van der Waals surface area contributed by atoms with Crippen LogP contribution in [-0.4, -0.2) is 9.36 Å². The van der Waals surface area contributed by atoms with E-state index in [-0.39, 0.29) is 0 Å². The largest absolute Gasteiger partial charge is 0.223 e. The second-order valence-corrected chi connectivity index (χ2v) is 7.38. The summed E-state index contributed by atoms with van der Waals surface area (Å²) < 4.78 is 4.60. The molecule has 0 unspecified atom stereocenters. The summed E-state index contributed by atoms with van der Waals surface area (Å²) in [6, 6.07) is 2.18. The highest BCUT2D eigenvalue weighted by Gasteiger charge is 2.53. The molecule has 0 amide bonds. The van der Waals surface area contributed by atoms with Crippen LogP contribution in [0.2, 0.25) is 0 Å². The molecule has 0 aromatic carbocycles. The van der Waals surface area contributed by atoms with E-state index in [4.69, 9.17) is 5.26 Å². The Labute approximate surface area is 111 Å². The van der Waals surface area contributed by atoms with Gasteiger partial charge in [0.2, 0.25) is 0 Å². The molecule has 0 saturated heterocycles. The zero-order chi connectivity index (χ0) is 12.2. The van der Waals surface area contributed by atoms with Gasteiger partial charge < -0.3 is 0 Å². The monoisotopic (exact) mass is 259 g/mol. The average molecular weight is 259 g/mol. The molecule has 18 heavy (non-hydrogen) atoms. The van der Waals surface area contributed by atoms with E-state index in [2.05, 4.69) is 15.4 Å². The van der Waals surface area contributed by atoms with Crippen LogP contribution < -0.4 is 0 Å². The van der Waals surface area contributed by atoms with Crippen molar-refractivity contribution in [1.29, 1.82) is 5.26 Å². The zero-order valence-electron chi connectivity index (χ0n) is 10.4. The van der Waals surface area contributed by atoms with E-state index in [1.807, 2.05) is 0 Å². The quantitative estimate of drug-likeness (QED) is 0.820. The van der Waals surface area contributed by atoms with Crippen LogP contribution in [0.1, 0.15) is 49.4 Å². The van der Waals surface area contributed by atoms with Gasteiger partial charge in [-0.25, -0.2) is 4.98 Å². The predicted molar refractivity (Wildman–Crippen MR) is 69.1 cm³/mol. The lowest BCUT2D eigenvalue weighted by Gasteiger charge is -2.55. The maximum atomic E-state index is 8.75. The third kappa shape index (κ3) is 1.53. The van der Waals surface area contributed by atoms with Crippen LogP contribution in [0.25, 0.3) is 0 Å². The first-order valence-corrected chi connectivity index (χ1v) is 7.75. The minimum atomic E-state index is 0.291. The molecule has 4 aliphatic carbocycles. The predicted octanol–water partition coefficient (Wildman–Crippen LogP) is 3.07. The lowest BCUT2D eigenvalue weighted by Crippen LogP contribution is -2.49. The molecule has 94 valence electrons. The van der Waals surface area contributed by atoms with Crippen molar-refractivity contribution in [1.82, 2.24) is 9.36 Å². The van der Waals surface area contributed by atoms with E-state index in [1.165, 1.54) is 50.1 Å². The van der Waals surface area contributed by atoms with E-state index >= 15 is 0 Å². The molecule has 4 bridgehead atoms. The summed E-state index contributed by atoms with van der Waals surface area (Å²) >= 11 is 1.44. The topological polar surface area (TPSA) is 49.6 Å². The summed E-state index contributed by atoms with van der Waals surface area (Å²) in [6.45, 7) is 0. The molecule has 4 heteroatoms. The molecule has 3 nitrogen and oxygen atoms in total. The smallest absolute Gasteiger partial charge is 0.148 e. The van der Waals surface area contributed by atoms with Gasteiger partial charge in [-0.05, 0) is 67.8 Å². The van der Waals surface area contributed by atoms with Gasteiger partial charge in [0.25, 0.3) is 0 Å². The number of hydrogen-bond donors (Lipinski definition) is 0. The van der Waals surface area contributed by atoms with Gasteiger partial charge >= 0.3 is 0 Å². The maximum Gasteiger partial charge on any atom is 0.148 e. The molecule has 0 aliphatic heterocycles. The van der Waals surface area contributed by atoms with E-state index in [0.29, 0.717) is 11.8 Å². The molecule has 4 fully saturated rings. The molecule has 1 aromatic rings. The molecule has 5 rings (SSSR count). The van der Waals surface area contributed by atoms with Gasteiger partial charge in [0.05, 0.1) is 12.5 Å². The van der Waals surface area contributed by atoms with Crippen molar-refractivity contribution in [3.05, 3.63) is 10.8 Å². The fraction of sp³-hybridized carbons (Fsp3) is 0.786. The van der Waals surface area contributed by atoms with Crippen molar-refractivity contribution in [3.8, 4) is 6.07 Å². The van der Waals surface area contributed by atoms with Crippen molar-refractivity contribution in [3.63, 3.8) is 0 Å². The number of aromatic nitrogens is 2. The molecule has 4 saturated carbocycles. The minimum absolute atomic E-state index is 0.291. The third-order valence-electron chi connectivity index (χ3n) is 5.21. The summed E-state index contributed by atoms with van der Waals surface area (Å²) in [5.41, 5.74) is 0.291. The summed E-state index contributed by atoms with van der Waals surface area (Å²) in [7, 11) is 0. The molecule has 4 aliphatic rings. The van der Waals surface area contributed by atoms with Crippen LogP contribution >= 0.6 is 11.5 Å². The molecule has 1 aromatic heterocycles. The molecule has 1 heterocycles. The summed E-state index contributed by atoms with van der Waals surface area (Å²) in [6.07, 6.45) is 8.70. The van der Waals surface area contributed by atoms with Gasteiger partial charge in [0, 0.05) is 5.41 Å². The molecule has 0 spiro atoms. The lowest BCUT2D eigenvalue weighted by atomic mass is 9.49. The first-order valence-electron chi connectivity index (χ1n) is 6.97. The summed E-state index contributed by atoms with van der Waals surface area (Å²) in [4.78, 5) is 4.67. The van der Waals surface area contributed by atoms with Crippen molar-refractivity contribution >= 4 is 11.5 Å². The second kappa shape index (κ2) is 3.77. The Kier molecular flexibility index (Phi) is 2.29. The van der Waals surface area contributed by atoms with Crippen molar-refractivity contribution in [2.45, 2.75) is 50.4 Å². The van der Waals surface area contributed by atoms with Crippen molar-refractivity contribution < 1.29 is 0 Å². The molecular weight excluding hydrogens is 242 g/mol. The highest BCUT2D eigenvalue weighted by molar-refractivity contribution is 7.05. The number of hydrogen-bond acceptors (Lipinski definition) is 4. The Morgan fingerprint density at radius 3 is 2.33 bits per heavy atom. The van der Waals surface area contributed by atoms with Gasteiger partial charge in [-0.3, -0.25) is 0 Å². The highest BCUT2D eigenvalue weighted by atomic mass is 32.1. The fourth-order valence-electron chi connectivity index (χ4n) is 4.99. The highest BCUT2D eigenvalue weighted by Crippen LogP contribution is 2.60. The van der Waals surface area contributed by atoms with Gasteiger partial charge in [-0.2, -0.15) is 9.64 Å². The van der Waals surface area contributed by atoms with Crippen LogP contribution in [0.15, 0.2) is 0 Å². The SMILES string of the molecule is N#CCc1nc(C23CC4CC(CC(C4)C2)C3)ns1. The van der Waals surface area contributed by atoms with Gasteiger partial charge in [0.1, 0.15) is 10.8 Å². The molecular formula is C14H17N3S. The maximum absolute atomic E-state index is 8.75. The third-order valence-corrected chi connectivity index (χ3v) is 5.92. The number of rotatable bonds is 2. The molecule has 0 radical (unpaired) electrons. The van der Waals surface area contributed by atoms with Crippen LogP contribution in [0.4, 0.5) is 0 Å². The normalized spacial score (nSPS) is 40.9. The minimum Gasteiger partial charge on any atom is -0.223 e. The lowest BCUT2D eigenvalue weighted by molar-refractivity contribution is -0.00889. The average Bonchev–Trinajstić information content (AvgIpc) is 2.77. The Balaban J connectivity index is 1.68. The van der Waals surface area contributed by atoms with Gasteiger partial charge in [0.15, 0.2) is 0 Å². The number of nitrogens with zero attached hydrogens (tertiary/aromatic N) is 3. The van der Waals surface area contributed by atoms with E-state index in [1.54, 1.807) is 0 Å². The van der Waals surface area contributed by atoms with Crippen LogP contribution in [0.3, 0.4) is 0 Å². The fourth-order valence-corrected chi connectivity index (χ4v) is 5.68. The summed E-state index contributed by atoms with van der Waals surface area (Å²) in [5, 5.41) is 9.66. The number of nitriles is 1. The Morgan fingerprint density at radius 1 is 1.17 bits per heavy atom. The van der Waals surface area contributed by atoms with Crippen molar-refractivity contribution in [2.24, 2.45) is 17.8 Å². The van der Waals surface area contributed by atoms with Gasteiger partial charge in [-0.1, -0.05) is 0 Å². The first kappa shape index (κ1) is 10.9. The Morgan fingerprint density at radius 2 is 1.78 bits per heavy atom. The Hall–Kier alpha value is -0.950. The zero-order valence-corrected chi connectivity index (χ0v) is 11.2. The van der Waals surface area contributed by atoms with E-state index in [0.717, 1.165) is 28.6 Å².